The lowest BCUT2D eigenvalue weighted by molar-refractivity contribution is -0.148. The average molecular weight is 295 g/mol. The molecule has 1 N–H and O–H groups in total. The number of carbonyl (C=O) groups excluding carboxylic acids is 2. The van der Waals surface area contributed by atoms with E-state index in [0.717, 1.165) is 0 Å². The molecule has 1 heterocycles. The third kappa shape index (κ3) is 3.36. The van der Waals surface area contributed by atoms with Gasteiger partial charge in [0.05, 0.1) is 14.2 Å². The van der Waals surface area contributed by atoms with Crippen molar-refractivity contribution in [1.29, 1.82) is 0 Å². The lowest BCUT2D eigenvalue weighted by Crippen LogP contribution is -2.35. The SMILES string of the molecule is COc1ccc([C@@H](OC(C)=O)[C@H]2COC(=O)N2)cc1OC. The molecule has 0 spiro atoms. The second-order valence-electron chi connectivity index (χ2n) is 4.49. The molecule has 1 aliphatic heterocycles. The second kappa shape index (κ2) is 6.34. The van der Waals surface area contributed by atoms with E-state index in [1.165, 1.54) is 21.1 Å². The molecule has 0 unspecified atom stereocenters. The van der Waals surface area contributed by atoms with Gasteiger partial charge in [0.25, 0.3) is 0 Å². The Morgan fingerprint density at radius 2 is 2.05 bits per heavy atom. The molecule has 114 valence electrons. The number of alkyl carbamates (subject to hydrolysis) is 1. The minimum absolute atomic E-state index is 0.130. The van der Waals surface area contributed by atoms with Crippen molar-refractivity contribution in [2.45, 2.75) is 19.1 Å². The summed E-state index contributed by atoms with van der Waals surface area (Å²) >= 11 is 0. The Balaban J connectivity index is 2.31. The number of ether oxygens (including phenoxy) is 4. The van der Waals surface area contributed by atoms with Crippen LogP contribution in [0.4, 0.5) is 4.79 Å². The van der Waals surface area contributed by atoms with Gasteiger partial charge in [-0.05, 0) is 17.7 Å². The van der Waals surface area contributed by atoms with Gasteiger partial charge in [-0.3, -0.25) is 4.79 Å². The number of esters is 1. The van der Waals surface area contributed by atoms with Crippen molar-refractivity contribution in [3.63, 3.8) is 0 Å². The van der Waals surface area contributed by atoms with Crippen molar-refractivity contribution < 1.29 is 28.5 Å². The molecule has 0 saturated carbocycles. The highest BCUT2D eigenvalue weighted by Gasteiger charge is 2.34. The van der Waals surface area contributed by atoms with Gasteiger partial charge in [-0.1, -0.05) is 6.07 Å². The summed E-state index contributed by atoms with van der Waals surface area (Å²) in [6.45, 7) is 1.44. The summed E-state index contributed by atoms with van der Waals surface area (Å²) in [6, 6.07) is 4.72. The van der Waals surface area contributed by atoms with E-state index in [1.807, 2.05) is 0 Å². The molecule has 1 aromatic carbocycles. The highest BCUT2D eigenvalue weighted by atomic mass is 16.6. The number of benzene rings is 1. The molecule has 1 aliphatic rings. The molecule has 1 amide bonds. The van der Waals surface area contributed by atoms with Gasteiger partial charge in [-0.15, -0.1) is 0 Å². The minimum atomic E-state index is -0.659. The van der Waals surface area contributed by atoms with E-state index in [2.05, 4.69) is 5.32 Å². The molecule has 2 atom stereocenters. The predicted octanol–water partition coefficient (Wildman–Crippen LogP) is 1.42. The fourth-order valence-corrected chi connectivity index (χ4v) is 2.15. The molecular formula is C14H17NO6. The van der Waals surface area contributed by atoms with E-state index in [9.17, 15) is 9.59 Å². The number of hydrogen-bond acceptors (Lipinski definition) is 6. The fraction of sp³-hybridized carbons (Fsp3) is 0.429. The molecule has 1 saturated heterocycles. The highest BCUT2D eigenvalue weighted by molar-refractivity contribution is 5.70. The molecule has 0 bridgehead atoms. The summed E-state index contributed by atoms with van der Waals surface area (Å²) in [5.74, 6) is 0.628. The molecule has 7 nitrogen and oxygen atoms in total. The Labute approximate surface area is 122 Å². The van der Waals surface area contributed by atoms with E-state index in [1.54, 1.807) is 18.2 Å². The molecule has 1 aromatic rings. The Hall–Kier alpha value is -2.44. The third-order valence-corrected chi connectivity index (χ3v) is 3.09. The van der Waals surface area contributed by atoms with Gasteiger partial charge >= 0.3 is 12.1 Å². The first-order valence-electron chi connectivity index (χ1n) is 6.37. The third-order valence-electron chi connectivity index (χ3n) is 3.09. The van der Waals surface area contributed by atoms with Crippen molar-refractivity contribution in [2.24, 2.45) is 0 Å². The number of hydrogen-bond donors (Lipinski definition) is 1. The Bertz CT molecular complexity index is 544. The number of carbonyl (C=O) groups is 2. The topological polar surface area (TPSA) is 83.1 Å². The summed E-state index contributed by atoms with van der Waals surface area (Å²) in [5, 5.41) is 2.61. The first-order chi connectivity index (χ1) is 10.0. The van der Waals surface area contributed by atoms with Crippen LogP contribution in [0, 0.1) is 0 Å². The van der Waals surface area contributed by atoms with E-state index < -0.39 is 24.2 Å². The van der Waals surface area contributed by atoms with Crippen molar-refractivity contribution in [2.75, 3.05) is 20.8 Å². The summed E-state index contributed by atoms with van der Waals surface area (Å²) < 4.78 is 20.6. The average Bonchev–Trinajstić information content (AvgIpc) is 2.90. The summed E-state index contributed by atoms with van der Waals surface area (Å²) in [5.41, 5.74) is 0.679. The first kappa shape index (κ1) is 15.0. The first-order valence-corrected chi connectivity index (χ1v) is 6.37. The normalized spacial score (nSPS) is 18.4. The van der Waals surface area contributed by atoms with Gasteiger partial charge in [0, 0.05) is 6.92 Å². The van der Waals surface area contributed by atoms with Crippen molar-refractivity contribution in [3.8, 4) is 11.5 Å². The second-order valence-corrected chi connectivity index (χ2v) is 4.49. The van der Waals surface area contributed by atoms with E-state index in [0.29, 0.717) is 17.1 Å². The lowest BCUT2D eigenvalue weighted by Gasteiger charge is -2.22. The number of amides is 1. The van der Waals surface area contributed by atoms with Crippen LogP contribution in [0.1, 0.15) is 18.6 Å². The molecule has 0 aliphatic carbocycles. The maximum atomic E-state index is 11.3. The van der Waals surface area contributed by atoms with Gasteiger partial charge in [0.15, 0.2) is 17.6 Å². The molecular weight excluding hydrogens is 278 g/mol. The van der Waals surface area contributed by atoms with Crippen molar-refractivity contribution in [1.82, 2.24) is 5.32 Å². The zero-order chi connectivity index (χ0) is 15.4. The van der Waals surface area contributed by atoms with Crippen LogP contribution in [-0.2, 0) is 14.3 Å². The van der Waals surface area contributed by atoms with Crippen LogP contribution in [0.2, 0.25) is 0 Å². The Morgan fingerprint density at radius 3 is 2.57 bits per heavy atom. The summed E-state index contributed by atoms with van der Waals surface area (Å²) in [4.78, 5) is 22.5. The molecule has 7 heteroatoms. The van der Waals surface area contributed by atoms with Gasteiger partial charge in [-0.25, -0.2) is 4.79 Å². The number of cyclic esters (lactones) is 1. The number of methoxy groups -OCH3 is 2. The maximum Gasteiger partial charge on any atom is 0.407 e. The molecule has 1 fully saturated rings. The minimum Gasteiger partial charge on any atom is -0.493 e. The van der Waals surface area contributed by atoms with Gasteiger partial charge in [-0.2, -0.15) is 0 Å². The predicted molar refractivity (Wildman–Crippen MR) is 72.3 cm³/mol. The number of nitrogens with one attached hydrogen (secondary N) is 1. The lowest BCUT2D eigenvalue weighted by atomic mass is 10.0. The van der Waals surface area contributed by atoms with Crippen molar-refractivity contribution >= 4 is 12.1 Å². The molecule has 21 heavy (non-hydrogen) atoms. The van der Waals surface area contributed by atoms with Gasteiger partial charge < -0.3 is 24.3 Å². The van der Waals surface area contributed by atoms with Crippen LogP contribution < -0.4 is 14.8 Å². The Kier molecular flexibility index (Phi) is 4.52. The van der Waals surface area contributed by atoms with Crippen LogP contribution in [0.25, 0.3) is 0 Å². The van der Waals surface area contributed by atoms with Crippen LogP contribution in [0.3, 0.4) is 0 Å². The molecule has 0 aromatic heterocycles. The molecule has 2 rings (SSSR count). The van der Waals surface area contributed by atoms with Crippen molar-refractivity contribution in [3.05, 3.63) is 23.8 Å². The standard InChI is InChI=1S/C14H17NO6/c1-8(16)21-13(10-7-20-14(17)15-10)9-4-5-11(18-2)12(6-9)19-3/h4-6,10,13H,7H2,1-3H3,(H,15,17)/t10-,13-/m1/s1. The smallest absolute Gasteiger partial charge is 0.407 e. The zero-order valence-corrected chi connectivity index (χ0v) is 12.0. The van der Waals surface area contributed by atoms with E-state index in [-0.39, 0.29) is 6.61 Å². The van der Waals surface area contributed by atoms with E-state index >= 15 is 0 Å². The Morgan fingerprint density at radius 1 is 1.33 bits per heavy atom. The molecule has 0 radical (unpaired) electrons. The van der Waals surface area contributed by atoms with Crippen LogP contribution in [0.5, 0.6) is 11.5 Å². The van der Waals surface area contributed by atoms with Crippen LogP contribution >= 0.6 is 0 Å². The quantitative estimate of drug-likeness (QED) is 0.827. The largest absolute Gasteiger partial charge is 0.493 e. The van der Waals surface area contributed by atoms with Gasteiger partial charge in [0.1, 0.15) is 12.6 Å². The van der Waals surface area contributed by atoms with E-state index in [4.69, 9.17) is 18.9 Å². The number of rotatable bonds is 5. The van der Waals surface area contributed by atoms with Crippen LogP contribution in [-0.4, -0.2) is 38.9 Å². The summed E-state index contributed by atoms with van der Waals surface area (Å²) in [6.07, 6.45) is -1.19. The fourth-order valence-electron chi connectivity index (χ4n) is 2.15. The van der Waals surface area contributed by atoms with Crippen LogP contribution in [0.15, 0.2) is 18.2 Å². The summed E-state index contributed by atoms with van der Waals surface area (Å²) in [7, 11) is 3.05. The van der Waals surface area contributed by atoms with Gasteiger partial charge in [0.2, 0.25) is 0 Å². The maximum absolute atomic E-state index is 11.3. The zero-order valence-electron chi connectivity index (χ0n) is 12.0. The monoisotopic (exact) mass is 295 g/mol. The highest BCUT2D eigenvalue weighted by Crippen LogP contribution is 2.33.